The van der Waals surface area contributed by atoms with Gasteiger partial charge in [0.1, 0.15) is 0 Å². The number of aliphatic hydroxyl groups excluding tert-OH is 1. The van der Waals surface area contributed by atoms with E-state index in [0.29, 0.717) is 5.92 Å². The number of aliphatic hydroxyl groups is 1. The molecule has 2 saturated heterocycles. The minimum absolute atomic E-state index is 0.000826. The van der Waals surface area contributed by atoms with Crippen LogP contribution in [0, 0.1) is 34.5 Å². The minimum Gasteiger partial charge on any atom is -0.413 e. The lowest BCUT2D eigenvalue weighted by Gasteiger charge is -2.49. The molecule has 4 fully saturated rings. The summed E-state index contributed by atoms with van der Waals surface area (Å²) in [7, 11) is -5.85. The lowest BCUT2D eigenvalue weighted by Crippen LogP contribution is -2.58. The summed E-state index contributed by atoms with van der Waals surface area (Å²) < 4.78 is 40.9. The largest absolute Gasteiger partial charge is 0.413 e. The molecule has 0 aromatic rings. The number of nitrogens with zero attached hydrogens (tertiary/aromatic N) is 1. The monoisotopic (exact) mass is 529 g/mol. The van der Waals surface area contributed by atoms with Crippen molar-refractivity contribution in [2.24, 2.45) is 34.5 Å². The number of fused-ring (bicyclic) bond motifs is 1. The van der Waals surface area contributed by atoms with Crippen molar-refractivity contribution in [2.45, 2.75) is 117 Å². The Morgan fingerprint density at radius 1 is 1.20 bits per heavy atom. The molecule has 2 bridgehead atoms. The summed E-state index contributed by atoms with van der Waals surface area (Å²) in [6, 6.07) is -0.266. The number of ether oxygens (including phenoxy) is 1. The van der Waals surface area contributed by atoms with Gasteiger partial charge in [0.15, 0.2) is 14.6 Å². The molecular formula is C26H47NO6SSi. The Morgan fingerprint density at radius 3 is 2.34 bits per heavy atom. The van der Waals surface area contributed by atoms with Gasteiger partial charge < -0.3 is 14.3 Å². The maximum absolute atomic E-state index is 13.9. The summed E-state index contributed by atoms with van der Waals surface area (Å²) in [5.41, 5.74) is -0.446. The van der Waals surface area contributed by atoms with Crippen molar-refractivity contribution < 1.29 is 27.5 Å². The second-order valence-corrected chi connectivity index (χ2v) is 20.7. The molecule has 202 valence electrons. The Bertz CT molecular complexity index is 975. The predicted molar refractivity (Wildman–Crippen MR) is 138 cm³/mol. The van der Waals surface area contributed by atoms with Crippen LogP contribution in [0.3, 0.4) is 0 Å². The number of hydrogen-bond acceptors (Lipinski definition) is 6. The average Bonchev–Trinajstić information content (AvgIpc) is 3.19. The van der Waals surface area contributed by atoms with Crippen LogP contribution in [0.15, 0.2) is 0 Å². The van der Waals surface area contributed by atoms with Gasteiger partial charge in [-0.3, -0.25) is 4.79 Å². The van der Waals surface area contributed by atoms with E-state index in [4.69, 9.17) is 9.16 Å². The van der Waals surface area contributed by atoms with Crippen LogP contribution in [0.4, 0.5) is 0 Å². The second-order valence-electron chi connectivity index (χ2n) is 14.1. The number of hydrogen-bond donors (Lipinski definition) is 1. The molecule has 7 nitrogen and oxygen atoms in total. The van der Waals surface area contributed by atoms with Crippen molar-refractivity contribution >= 4 is 24.2 Å². The molecule has 4 rings (SSSR count). The molecule has 0 aromatic carbocycles. The highest BCUT2D eigenvalue weighted by Gasteiger charge is 2.72. The van der Waals surface area contributed by atoms with Gasteiger partial charge in [-0.2, -0.15) is 0 Å². The maximum Gasteiger partial charge on any atom is 0.241 e. The Hall–Kier alpha value is -0.483. The first-order valence-electron chi connectivity index (χ1n) is 13.4. The zero-order valence-corrected chi connectivity index (χ0v) is 25.1. The molecule has 2 saturated carbocycles. The van der Waals surface area contributed by atoms with Crippen LogP contribution in [0.25, 0.3) is 0 Å². The van der Waals surface area contributed by atoms with Gasteiger partial charge in [-0.25, -0.2) is 12.7 Å². The quantitative estimate of drug-likeness (QED) is 0.544. The van der Waals surface area contributed by atoms with Gasteiger partial charge in [0.2, 0.25) is 15.9 Å². The third kappa shape index (κ3) is 3.89. The third-order valence-corrected chi connectivity index (χ3v) is 17.4. The van der Waals surface area contributed by atoms with Crippen molar-refractivity contribution in [3.63, 3.8) is 0 Å². The molecule has 35 heavy (non-hydrogen) atoms. The normalized spacial score (nSPS) is 43.3. The molecule has 2 aliphatic carbocycles. The predicted octanol–water partition coefficient (Wildman–Crippen LogP) is 4.37. The summed E-state index contributed by atoms with van der Waals surface area (Å²) in [6.45, 7) is 21.0. The molecule has 1 spiro atoms. The third-order valence-electron chi connectivity index (χ3n) is 11.0. The van der Waals surface area contributed by atoms with Crippen LogP contribution >= 0.6 is 0 Å². The van der Waals surface area contributed by atoms with Crippen LogP contribution in [0.1, 0.15) is 74.7 Å². The molecular weight excluding hydrogens is 482 g/mol. The van der Waals surface area contributed by atoms with E-state index in [0.717, 1.165) is 19.3 Å². The van der Waals surface area contributed by atoms with E-state index >= 15 is 0 Å². The van der Waals surface area contributed by atoms with Gasteiger partial charge in [0.05, 0.1) is 29.9 Å². The molecule has 1 amide bonds. The van der Waals surface area contributed by atoms with Crippen molar-refractivity contribution in [2.75, 3.05) is 5.75 Å². The molecule has 9 atom stereocenters. The standard InChI is InChI=1S/C26H47NO6SSi/c1-15-20(32-23(29)17(3)21(15)33-35(9,10)24(4,5)6)16(2)22(28)27-19-13-18-11-12-26(19,25(18,7)8)14-34(27,30)31/h15-21,23,29H,11-14H2,1-10H3/t15-,16-,17-,18-,19-,20+,21-,23?,26-/m0/s1. The fraction of sp³-hybridized carbons (Fsp3) is 0.962. The van der Waals surface area contributed by atoms with Crippen molar-refractivity contribution in [3.8, 4) is 0 Å². The maximum atomic E-state index is 13.9. The molecule has 1 N–H and O–H groups in total. The fourth-order valence-electron chi connectivity index (χ4n) is 7.46. The minimum atomic E-state index is -3.71. The van der Waals surface area contributed by atoms with Gasteiger partial charge >= 0.3 is 0 Å². The van der Waals surface area contributed by atoms with E-state index in [9.17, 15) is 18.3 Å². The van der Waals surface area contributed by atoms with Crippen molar-refractivity contribution in [3.05, 3.63) is 0 Å². The summed E-state index contributed by atoms with van der Waals surface area (Å²) in [6.07, 6.45) is 0.689. The molecule has 9 heteroatoms. The summed E-state index contributed by atoms with van der Waals surface area (Å²) in [5.74, 6) is -1.00. The first-order valence-corrected chi connectivity index (χ1v) is 17.9. The van der Waals surface area contributed by atoms with E-state index in [2.05, 4.69) is 47.7 Å². The smallest absolute Gasteiger partial charge is 0.241 e. The Kier molecular flexibility index (Phi) is 6.50. The van der Waals surface area contributed by atoms with Crippen LogP contribution in [0.5, 0.6) is 0 Å². The highest BCUT2D eigenvalue weighted by molar-refractivity contribution is 7.90. The lowest BCUT2D eigenvalue weighted by molar-refractivity contribution is -0.248. The average molecular weight is 530 g/mol. The van der Waals surface area contributed by atoms with Crippen LogP contribution in [0.2, 0.25) is 18.1 Å². The summed E-state index contributed by atoms with van der Waals surface area (Å²) in [4.78, 5) is 13.9. The highest BCUT2D eigenvalue weighted by Crippen LogP contribution is 2.70. The van der Waals surface area contributed by atoms with Crippen LogP contribution < -0.4 is 0 Å². The molecule has 2 aliphatic heterocycles. The van der Waals surface area contributed by atoms with E-state index in [1.165, 1.54) is 4.31 Å². The van der Waals surface area contributed by atoms with Crippen LogP contribution in [-0.4, -0.2) is 62.3 Å². The molecule has 1 unspecified atom stereocenters. The van der Waals surface area contributed by atoms with Crippen molar-refractivity contribution in [1.29, 1.82) is 0 Å². The second kappa shape index (κ2) is 8.26. The molecule has 4 aliphatic rings. The Morgan fingerprint density at radius 2 is 1.80 bits per heavy atom. The molecule has 2 heterocycles. The van der Waals surface area contributed by atoms with E-state index in [1.807, 2.05) is 13.8 Å². The number of carbonyl (C=O) groups is 1. The molecule has 0 radical (unpaired) electrons. The zero-order valence-electron chi connectivity index (χ0n) is 23.3. The van der Waals surface area contributed by atoms with Gasteiger partial charge in [0.25, 0.3) is 0 Å². The van der Waals surface area contributed by atoms with E-state index < -0.39 is 36.7 Å². The van der Waals surface area contributed by atoms with Crippen LogP contribution in [-0.2, 0) is 24.0 Å². The fourth-order valence-corrected chi connectivity index (χ4v) is 11.5. The number of sulfonamides is 1. The SMILES string of the molecule is C[C@H]1[C@H]([C@H](C)C(=O)N2[C@H]3C[C@@H]4CC[C@@]3(CS2(=O)=O)C4(C)C)OC(O)[C@@H](C)[C@H]1O[Si](C)(C)C(C)(C)C. The van der Waals surface area contributed by atoms with E-state index in [-0.39, 0.29) is 51.5 Å². The Balaban J connectivity index is 1.60. The first kappa shape index (κ1) is 27.5. The van der Waals surface area contributed by atoms with E-state index in [1.54, 1.807) is 6.92 Å². The molecule has 0 aromatic heterocycles. The van der Waals surface area contributed by atoms with Gasteiger partial charge in [-0.1, -0.05) is 55.4 Å². The Labute approximate surface area is 213 Å². The first-order chi connectivity index (χ1) is 15.8. The summed E-state index contributed by atoms with van der Waals surface area (Å²) in [5, 5.41) is 10.8. The summed E-state index contributed by atoms with van der Waals surface area (Å²) >= 11 is 0. The van der Waals surface area contributed by atoms with Gasteiger partial charge in [-0.15, -0.1) is 0 Å². The van der Waals surface area contributed by atoms with Gasteiger partial charge in [0, 0.05) is 17.3 Å². The van der Waals surface area contributed by atoms with Gasteiger partial charge in [-0.05, 0) is 48.7 Å². The number of amides is 1. The highest BCUT2D eigenvalue weighted by atomic mass is 32.2. The topological polar surface area (TPSA) is 93.1 Å². The van der Waals surface area contributed by atoms with Crippen molar-refractivity contribution in [1.82, 2.24) is 4.31 Å². The zero-order chi connectivity index (χ0) is 26.5. The lowest BCUT2D eigenvalue weighted by atomic mass is 9.69. The number of rotatable bonds is 4. The number of carbonyl (C=O) groups excluding carboxylic acids is 1.